The molecule has 0 radical (unpaired) electrons. The zero-order chi connectivity index (χ0) is 8.97. The fraction of sp³-hybridized carbons (Fsp3) is 1.00. The first-order valence-corrected chi connectivity index (χ1v) is 4.82. The molecule has 3 N–H and O–H groups in total. The lowest BCUT2D eigenvalue weighted by atomic mass is 9.91. The summed E-state index contributed by atoms with van der Waals surface area (Å²) in [5, 5.41) is 9.47. The van der Waals surface area contributed by atoms with Crippen molar-refractivity contribution in [2.45, 2.75) is 37.8 Å². The van der Waals surface area contributed by atoms with Crippen molar-refractivity contribution in [1.29, 1.82) is 0 Å². The third-order valence-electron chi connectivity index (χ3n) is 2.70. The van der Waals surface area contributed by atoms with E-state index in [1.54, 1.807) is 0 Å². The highest BCUT2D eigenvalue weighted by molar-refractivity contribution is 4.79. The third kappa shape index (κ3) is 2.73. The van der Waals surface area contributed by atoms with Gasteiger partial charge in [-0.25, -0.2) is 0 Å². The van der Waals surface area contributed by atoms with E-state index < -0.39 is 0 Å². The Hall–Kier alpha value is -0.120. The highest BCUT2D eigenvalue weighted by atomic mass is 16.3. The van der Waals surface area contributed by atoms with Gasteiger partial charge in [-0.3, -0.25) is 0 Å². The zero-order valence-corrected chi connectivity index (χ0v) is 7.87. The molecule has 0 heterocycles. The van der Waals surface area contributed by atoms with Crippen molar-refractivity contribution in [2.75, 3.05) is 20.1 Å². The van der Waals surface area contributed by atoms with Gasteiger partial charge in [-0.1, -0.05) is 6.42 Å². The number of rotatable bonds is 5. The predicted molar refractivity (Wildman–Crippen MR) is 49.9 cm³/mol. The Morgan fingerprint density at radius 2 is 2.25 bits per heavy atom. The number of nitrogens with two attached hydrogens (primary N) is 1. The number of nitrogens with zero attached hydrogens (tertiary/aromatic N) is 1. The van der Waals surface area contributed by atoms with E-state index in [1.165, 1.54) is 19.3 Å². The molecule has 1 fully saturated rings. The van der Waals surface area contributed by atoms with Crippen LogP contribution in [0.3, 0.4) is 0 Å². The highest BCUT2D eigenvalue weighted by Crippen LogP contribution is 2.23. The molecule has 0 amide bonds. The molecule has 3 heteroatoms. The second-order valence-electron chi connectivity index (χ2n) is 3.76. The van der Waals surface area contributed by atoms with E-state index >= 15 is 0 Å². The maximum Gasteiger partial charge on any atom is 0.0679 e. The molecule has 1 atom stereocenters. The van der Waals surface area contributed by atoms with Gasteiger partial charge in [0.1, 0.15) is 0 Å². The van der Waals surface area contributed by atoms with E-state index in [2.05, 4.69) is 11.9 Å². The van der Waals surface area contributed by atoms with Crippen LogP contribution in [0.1, 0.15) is 25.7 Å². The van der Waals surface area contributed by atoms with Crippen LogP contribution in [0.5, 0.6) is 0 Å². The average Bonchev–Trinajstić information content (AvgIpc) is 1.82. The zero-order valence-electron chi connectivity index (χ0n) is 7.87. The lowest BCUT2D eigenvalue weighted by molar-refractivity contribution is 0.0744. The number of aliphatic hydroxyl groups excluding tert-OH is 1. The van der Waals surface area contributed by atoms with Gasteiger partial charge in [0.2, 0.25) is 0 Å². The van der Waals surface area contributed by atoms with Gasteiger partial charge in [-0.2, -0.15) is 0 Å². The number of aliphatic hydroxyl groups is 1. The summed E-state index contributed by atoms with van der Waals surface area (Å²) in [5.74, 6) is 0. The molecule has 0 aromatic carbocycles. The molecule has 12 heavy (non-hydrogen) atoms. The van der Waals surface area contributed by atoms with Crippen molar-refractivity contribution in [1.82, 2.24) is 4.90 Å². The molecule has 72 valence electrons. The van der Waals surface area contributed by atoms with Crippen LogP contribution in [0.25, 0.3) is 0 Å². The van der Waals surface area contributed by atoms with Crippen LogP contribution in [0.15, 0.2) is 0 Å². The van der Waals surface area contributed by atoms with Gasteiger partial charge in [0, 0.05) is 12.6 Å². The van der Waals surface area contributed by atoms with E-state index in [4.69, 9.17) is 5.73 Å². The molecule has 0 aliphatic heterocycles. The SMILES string of the molecule is CN(CC(O)CCN)C1CCC1. The molecule has 1 saturated carbocycles. The van der Waals surface area contributed by atoms with Crippen LogP contribution in [0, 0.1) is 0 Å². The van der Waals surface area contributed by atoms with Crippen molar-refractivity contribution < 1.29 is 5.11 Å². The van der Waals surface area contributed by atoms with Crippen LogP contribution < -0.4 is 5.73 Å². The van der Waals surface area contributed by atoms with Crippen LogP contribution >= 0.6 is 0 Å². The smallest absolute Gasteiger partial charge is 0.0679 e. The third-order valence-corrected chi connectivity index (χ3v) is 2.70. The summed E-state index contributed by atoms with van der Waals surface area (Å²) in [5.41, 5.74) is 5.35. The van der Waals surface area contributed by atoms with Crippen molar-refractivity contribution in [2.24, 2.45) is 5.73 Å². The summed E-state index contributed by atoms with van der Waals surface area (Å²) in [4.78, 5) is 2.25. The van der Waals surface area contributed by atoms with Crippen LogP contribution in [0.4, 0.5) is 0 Å². The first kappa shape index (κ1) is 9.96. The molecule has 0 aromatic heterocycles. The van der Waals surface area contributed by atoms with Crippen molar-refractivity contribution in [3.8, 4) is 0 Å². The van der Waals surface area contributed by atoms with Crippen LogP contribution in [-0.2, 0) is 0 Å². The van der Waals surface area contributed by atoms with E-state index in [0.29, 0.717) is 6.54 Å². The summed E-state index contributed by atoms with van der Waals surface area (Å²) in [6, 6.07) is 0.720. The molecule has 3 nitrogen and oxygen atoms in total. The quantitative estimate of drug-likeness (QED) is 0.622. The molecule has 0 bridgehead atoms. The van der Waals surface area contributed by atoms with E-state index in [-0.39, 0.29) is 6.10 Å². The second kappa shape index (κ2) is 4.80. The van der Waals surface area contributed by atoms with E-state index in [9.17, 15) is 5.11 Å². The summed E-state index contributed by atoms with van der Waals surface area (Å²) < 4.78 is 0. The maximum atomic E-state index is 9.47. The number of hydrogen-bond donors (Lipinski definition) is 2. The molecular weight excluding hydrogens is 152 g/mol. The lowest BCUT2D eigenvalue weighted by Gasteiger charge is -2.35. The maximum absolute atomic E-state index is 9.47. The topological polar surface area (TPSA) is 49.5 Å². The Morgan fingerprint density at radius 3 is 2.67 bits per heavy atom. The Morgan fingerprint density at radius 1 is 1.58 bits per heavy atom. The van der Waals surface area contributed by atoms with E-state index in [0.717, 1.165) is 19.0 Å². The number of likely N-dealkylation sites (N-methyl/N-ethyl adjacent to an activating group) is 1. The normalized spacial score (nSPS) is 21.0. The Bertz CT molecular complexity index is 126. The fourth-order valence-corrected chi connectivity index (χ4v) is 1.59. The predicted octanol–water partition coefficient (Wildman–Crippen LogP) is 0.180. The Balaban J connectivity index is 2.11. The minimum absolute atomic E-state index is 0.236. The minimum atomic E-state index is -0.236. The lowest BCUT2D eigenvalue weighted by Crippen LogP contribution is -2.41. The first-order chi connectivity index (χ1) is 5.74. The van der Waals surface area contributed by atoms with Gasteiger partial charge in [0.25, 0.3) is 0 Å². The van der Waals surface area contributed by atoms with Crippen molar-refractivity contribution in [3.63, 3.8) is 0 Å². The Labute approximate surface area is 74.5 Å². The summed E-state index contributed by atoms with van der Waals surface area (Å²) >= 11 is 0. The first-order valence-electron chi connectivity index (χ1n) is 4.82. The van der Waals surface area contributed by atoms with E-state index in [1.807, 2.05) is 0 Å². The highest BCUT2D eigenvalue weighted by Gasteiger charge is 2.22. The molecule has 0 aromatic rings. The van der Waals surface area contributed by atoms with Gasteiger partial charge in [0.05, 0.1) is 6.10 Å². The van der Waals surface area contributed by atoms with Gasteiger partial charge >= 0.3 is 0 Å². The standard InChI is InChI=1S/C9H20N2O/c1-11(8-3-2-4-8)7-9(12)5-6-10/h8-9,12H,2-7,10H2,1H3. The molecule has 0 spiro atoms. The van der Waals surface area contributed by atoms with Crippen molar-refractivity contribution in [3.05, 3.63) is 0 Å². The summed E-state index contributed by atoms with van der Waals surface area (Å²) in [6.45, 7) is 1.36. The van der Waals surface area contributed by atoms with Crippen molar-refractivity contribution >= 4 is 0 Å². The van der Waals surface area contributed by atoms with Crippen LogP contribution in [0.2, 0.25) is 0 Å². The molecular formula is C9H20N2O. The van der Waals surface area contributed by atoms with Gasteiger partial charge in [0.15, 0.2) is 0 Å². The van der Waals surface area contributed by atoms with Crippen LogP contribution in [-0.4, -0.2) is 42.3 Å². The Kier molecular flexibility index (Phi) is 3.98. The molecule has 0 saturated heterocycles. The molecule has 1 aliphatic carbocycles. The monoisotopic (exact) mass is 172 g/mol. The van der Waals surface area contributed by atoms with Gasteiger partial charge < -0.3 is 15.7 Å². The largest absolute Gasteiger partial charge is 0.392 e. The average molecular weight is 172 g/mol. The minimum Gasteiger partial charge on any atom is -0.392 e. The molecule has 1 rings (SSSR count). The summed E-state index contributed by atoms with van der Waals surface area (Å²) in [7, 11) is 2.09. The fourth-order valence-electron chi connectivity index (χ4n) is 1.59. The molecule has 1 aliphatic rings. The summed E-state index contributed by atoms with van der Waals surface area (Å²) in [6.07, 6.45) is 4.43. The second-order valence-corrected chi connectivity index (χ2v) is 3.76. The molecule has 1 unspecified atom stereocenters. The van der Waals surface area contributed by atoms with Gasteiger partial charge in [-0.05, 0) is 32.9 Å². The number of hydrogen-bond acceptors (Lipinski definition) is 3. The van der Waals surface area contributed by atoms with Gasteiger partial charge in [-0.15, -0.1) is 0 Å².